The van der Waals surface area contributed by atoms with E-state index in [0.29, 0.717) is 5.92 Å². The van der Waals surface area contributed by atoms with E-state index in [-0.39, 0.29) is 0 Å². The molecule has 1 rings (SSSR count). The SMILES string of the molecule is CCC(=N)C1CC1. The standard InChI is InChI=1S/C6H11N/c1-2-6(7)5-3-4-5/h5,7H,2-4H2,1H3. The minimum absolute atomic E-state index is 0.699. The summed E-state index contributed by atoms with van der Waals surface area (Å²) in [5.74, 6) is 0.699. The van der Waals surface area contributed by atoms with Gasteiger partial charge in [0.2, 0.25) is 0 Å². The molecule has 1 fully saturated rings. The van der Waals surface area contributed by atoms with E-state index in [9.17, 15) is 0 Å². The summed E-state index contributed by atoms with van der Waals surface area (Å²) in [5, 5.41) is 7.25. The molecule has 0 heterocycles. The van der Waals surface area contributed by atoms with Crippen LogP contribution in [-0.2, 0) is 0 Å². The molecule has 0 aromatic heterocycles. The summed E-state index contributed by atoms with van der Waals surface area (Å²) in [6.45, 7) is 2.06. The Kier molecular flexibility index (Phi) is 1.13. The van der Waals surface area contributed by atoms with Gasteiger partial charge in [-0.05, 0) is 25.2 Å². The van der Waals surface area contributed by atoms with Gasteiger partial charge in [-0.1, -0.05) is 6.92 Å². The Morgan fingerprint density at radius 1 is 1.71 bits per heavy atom. The lowest BCUT2D eigenvalue weighted by molar-refractivity contribution is 1.07. The van der Waals surface area contributed by atoms with Crippen molar-refractivity contribution in [2.24, 2.45) is 5.92 Å². The third-order valence-corrected chi connectivity index (χ3v) is 1.45. The molecule has 1 aliphatic carbocycles. The zero-order valence-corrected chi connectivity index (χ0v) is 4.70. The first kappa shape index (κ1) is 4.82. The van der Waals surface area contributed by atoms with E-state index in [2.05, 4.69) is 6.92 Å². The summed E-state index contributed by atoms with van der Waals surface area (Å²) in [6.07, 6.45) is 3.53. The summed E-state index contributed by atoms with van der Waals surface area (Å²) in [4.78, 5) is 0. The third-order valence-electron chi connectivity index (χ3n) is 1.45. The minimum atomic E-state index is 0.699. The van der Waals surface area contributed by atoms with E-state index in [0.717, 1.165) is 12.1 Å². The Morgan fingerprint density at radius 2 is 2.29 bits per heavy atom. The minimum Gasteiger partial charge on any atom is -0.309 e. The first-order chi connectivity index (χ1) is 3.34. The molecule has 0 unspecified atom stereocenters. The van der Waals surface area contributed by atoms with Crippen LogP contribution < -0.4 is 0 Å². The van der Waals surface area contributed by atoms with Crippen LogP contribution in [0.3, 0.4) is 0 Å². The molecule has 0 radical (unpaired) electrons. The van der Waals surface area contributed by atoms with Crippen LogP contribution in [0.2, 0.25) is 0 Å². The number of hydrogen-bond donors (Lipinski definition) is 1. The van der Waals surface area contributed by atoms with Gasteiger partial charge in [0, 0.05) is 5.71 Å². The Labute approximate surface area is 44.2 Å². The fraction of sp³-hybridized carbons (Fsp3) is 0.833. The predicted octanol–water partition coefficient (Wildman–Crippen LogP) is 1.83. The molecule has 0 amide bonds. The molecule has 0 bridgehead atoms. The van der Waals surface area contributed by atoms with Crippen molar-refractivity contribution in [3.05, 3.63) is 0 Å². The molecular weight excluding hydrogens is 86.1 g/mol. The Balaban J connectivity index is 2.24. The highest BCUT2D eigenvalue weighted by Gasteiger charge is 2.24. The highest BCUT2D eigenvalue weighted by Crippen LogP contribution is 2.30. The van der Waals surface area contributed by atoms with E-state index < -0.39 is 0 Å². The zero-order valence-electron chi connectivity index (χ0n) is 4.70. The van der Waals surface area contributed by atoms with Crippen molar-refractivity contribution in [2.75, 3.05) is 0 Å². The maximum atomic E-state index is 7.25. The van der Waals surface area contributed by atoms with Gasteiger partial charge < -0.3 is 5.41 Å². The van der Waals surface area contributed by atoms with Crippen molar-refractivity contribution >= 4 is 5.71 Å². The largest absolute Gasteiger partial charge is 0.309 e. The summed E-state index contributed by atoms with van der Waals surface area (Å²) in [6, 6.07) is 0. The van der Waals surface area contributed by atoms with Crippen LogP contribution in [0, 0.1) is 11.3 Å². The van der Waals surface area contributed by atoms with E-state index >= 15 is 0 Å². The maximum Gasteiger partial charge on any atom is 0.0117 e. The quantitative estimate of drug-likeness (QED) is 0.508. The lowest BCUT2D eigenvalue weighted by atomic mass is 10.2. The fourth-order valence-corrected chi connectivity index (χ4v) is 0.720. The van der Waals surface area contributed by atoms with Gasteiger partial charge >= 0.3 is 0 Å². The molecule has 0 aliphatic heterocycles. The molecular formula is C6H11N. The number of hydrogen-bond acceptors (Lipinski definition) is 1. The average molecular weight is 97.2 g/mol. The van der Waals surface area contributed by atoms with Gasteiger partial charge in [0.1, 0.15) is 0 Å². The van der Waals surface area contributed by atoms with Crippen LogP contribution in [0.5, 0.6) is 0 Å². The molecule has 7 heavy (non-hydrogen) atoms. The lowest BCUT2D eigenvalue weighted by Crippen LogP contribution is -1.93. The topological polar surface area (TPSA) is 23.9 Å². The van der Waals surface area contributed by atoms with Gasteiger partial charge in [0.05, 0.1) is 0 Å². The second-order valence-electron chi connectivity index (χ2n) is 2.15. The Morgan fingerprint density at radius 3 is 2.43 bits per heavy atom. The highest BCUT2D eigenvalue weighted by atomic mass is 14.5. The summed E-state index contributed by atoms with van der Waals surface area (Å²) < 4.78 is 0. The van der Waals surface area contributed by atoms with Crippen molar-refractivity contribution in [1.29, 1.82) is 5.41 Å². The zero-order chi connectivity index (χ0) is 5.28. The van der Waals surface area contributed by atoms with Crippen molar-refractivity contribution in [3.8, 4) is 0 Å². The molecule has 0 spiro atoms. The number of rotatable bonds is 2. The summed E-state index contributed by atoms with van der Waals surface area (Å²) >= 11 is 0. The first-order valence-electron chi connectivity index (χ1n) is 2.92. The fourth-order valence-electron chi connectivity index (χ4n) is 0.720. The lowest BCUT2D eigenvalue weighted by Gasteiger charge is -1.89. The molecule has 40 valence electrons. The predicted molar refractivity (Wildman–Crippen MR) is 30.7 cm³/mol. The van der Waals surface area contributed by atoms with E-state index in [4.69, 9.17) is 5.41 Å². The van der Waals surface area contributed by atoms with Gasteiger partial charge in [-0.3, -0.25) is 0 Å². The van der Waals surface area contributed by atoms with Crippen LogP contribution in [-0.4, -0.2) is 5.71 Å². The number of nitrogens with one attached hydrogen (secondary N) is 1. The van der Waals surface area contributed by atoms with Crippen molar-refractivity contribution < 1.29 is 0 Å². The van der Waals surface area contributed by atoms with Gasteiger partial charge in [-0.2, -0.15) is 0 Å². The summed E-state index contributed by atoms with van der Waals surface area (Å²) in [5.41, 5.74) is 0.958. The molecule has 1 saturated carbocycles. The van der Waals surface area contributed by atoms with Crippen LogP contribution >= 0.6 is 0 Å². The molecule has 0 saturated heterocycles. The van der Waals surface area contributed by atoms with Gasteiger partial charge in [-0.15, -0.1) is 0 Å². The van der Waals surface area contributed by atoms with E-state index in [1.54, 1.807) is 0 Å². The molecule has 0 aromatic carbocycles. The highest BCUT2D eigenvalue weighted by molar-refractivity contribution is 5.85. The molecule has 1 N–H and O–H groups in total. The van der Waals surface area contributed by atoms with Crippen molar-refractivity contribution in [1.82, 2.24) is 0 Å². The molecule has 1 heteroatoms. The average Bonchev–Trinajstić information content (AvgIpc) is 2.44. The van der Waals surface area contributed by atoms with E-state index in [1.807, 2.05) is 0 Å². The van der Waals surface area contributed by atoms with Crippen LogP contribution in [0.25, 0.3) is 0 Å². The van der Waals surface area contributed by atoms with Gasteiger partial charge in [0.25, 0.3) is 0 Å². The monoisotopic (exact) mass is 97.1 g/mol. The second-order valence-corrected chi connectivity index (χ2v) is 2.15. The molecule has 1 nitrogen and oxygen atoms in total. The third kappa shape index (κ3) is 1.02. The molecule has 1 aliphatic rings. The maximum absolute atomic E-state index is 7.25. The second kappa shape index (κ2) is 1.65. The smallest absolute Gasteiger partial charge is 0.0117 e. The van der Waals surface area contributed by atoms with Crippen LogP contribution in [0.15, 0.2) is 0 Å². The van der Waals surface area contributed by atoms with Crippen LogP contribution in [0.1, 0.15) is 26.2 Å². The molecule has 0 atom stereocenters. The Bertz CT molecular complexity index is 82.2. The van der Waals surface area contributed by atoms with E-state index in [1.165, 1.54) is 12.8 Å². The van der Waals surface area contributed by atoms with Crippen LogP contribution in [0.4, 0.5) is 0 Å². The Hall–Kier alpha value is -0.330. The first-order valence-corrected chi connectivity index (χ1v) is 2.92. The van der Waals surface area contributed by atoms with Gasteiger partial charge in [0.15, 0.2) is 0 Å². The van der Waals surface area contributed by atoms with Gasteiger partial charge in [-0.25, -0.2) is 0 Å². The normalized spacial score (nSPS) is 19.6. The van der Waals surface area contributed by atoms with Crippen molar-refractivity contribution in [2.45, 2.75) is 26.2 Å². The summed E-state index contributed by atoms with van der Waals surface area (Å²) in [7, 11) is 0. The molecule has 0 aromatic rings. The van der Waals surface area contributed by atoms with Crippen molar-refractivity contribution in [3.63, 3.8) is 0 Å².